The van der Waals surface area contributed by atoms with E-state index in [2.05, 4.69) is 9.47 Å². The molecule has 0 unspecified atom stereocenters. The second-order valence-electron chi connectivity index (χ2n) is 6.00. The van der Waals surface area contributed by atoms with Gasteiger partial charge in [-0.25, -0.2) is 9.59 Å². The smallest absolute Gasteiger partial charge is 0.337 e. The molecule has 10 nitrogen and oxygen atoms in total. The monoisotopic (exact) mass is 446 g/mol. The van der Waals surface area contributed by atoms with Crippen LogP contribution in [0.2, 0.25) is 0 Å². The van der Waals surface area contributed by atoms with Gasteiger partial charge in [0, 0.05) is 0 Å². The number of ether oxygens (including phenoxy) is 4. The van der Waals surface area contributed by atoms with Crippen LogP contribution in [0.3, 0.4) is 0 Å². The molecule has 2 rings (SSSR count). The first kappa shape index (κ1) is 26.0. The van der Waals surface area contributed by atoms with E-state index >= 15 is 0 Å². The van der Waals surface area contributed by atoms with Gasteiger partial charge in [-0.15, -0.1) is 0 Å². The van der Waals surface area contributed by atoms with Crippen LogP contribution in [-0.2, 0) is 9.47 Å². The summed E-state index contributed by atoms with van der Waals surface area (Å²) in [5.74, 6) is -1.61. The summed E-state index contributed by atoms with van der Waals surface area (Å²) >= 11 is 0. The molecular formula is C22H26N2O8. The Kier molecular flexibility index (Phi) is 10.2. The molecule has 172 valence electrons. The number of carbonyl (C=O) groups is 4. The van der Waals surface area contributed by atoms with Crippen LogP contribution in [0.15, 0.2) is 36.4 Å². The Bertz CT molecular complexity index is 908. The van der Waals surface area contributed by atoms with Crippen LogP contribution in [-0.4, -0.2) is 51.2 Å². The van der Waals surface area contributed by atoms with Gasteiger partial charge in [-0.1, -0.05) is 0 Å². The molecule has 0 atom stereocenters. The lowest BCUT2D eigenvalue weighted by molar-refractivity contribution is 0.0591. The molecule has 0 saturated carbocycles. The molecule has 0 spiro atoms. The molecule has 0 radical (unpaired) electrons. The van der Waals surface area contributed by atoms with Crippen molar-refractivity contribution in [3.8, 4) is 11.5 Å². The summed E-state index contributed by atoms with van der Waals surface area (Å²) in [5.41, 5.74) is 11.2. The predicted octanol–water partition coefficient (Wildman–Crippen LogP) is 1.94. The molecular weight excluding hydrogens is 420 g/mol. The van der Waals surface area contributed by atoms with Gasteiger partial charge in [0.05, 0.1) is 49.7 Å². The summed E-state index contributed by atoms with van der Waals surface area (Å²) < 4.78 is 19.5. The lowest BCUT2D eigenvalue weighted by Gasteiger charge is -2.08. The average Bonchev–Trinajstić information content (AvgIpc) is 2.79. The van der Waals surface area contributed by atoms with Crippen molar-refractivity contribution in [3.05, 3.63) is 58.7 Å². The molecule has 0 saturated heterocycles. The third kappa shape index (κ3) is 7.01. The Morgan fingerprint density at radius 3 is 1.28 bits per heavy atom. The largest absolute Gasteiger partial charge is 0.493 e. The van der Waals surface area contributed by atoms with Crippen molar-refractivity contribution in [2.45, 2.75) is 13.8 Å². The Hall–Kier alpha value is -4.08. The highest BCUT2D eigenvalue weighted by Crippen LogP contribution is 2.21. The topological polar surface area (TPSA) is 157 Å². The van der Waals surface area contributed by atoms with Crippen molar-refractivity contribution in [2.75, 3.05) is 27.4 Å². The SMILES string of the molecule is CCOc1ccc(C(=O)OC)cc1C(N)=O.CCOc1ccc(C(=O)OC)cc1C(N)=O. The lowest BCUT2D eigenvalue weighted by Crippen LogP contribution is -2.14. The van der Waals surface area contributed by atoms with Crippen LogP contribution in [0.25, 0.3) is 0 Å². The first-order chi connectivity index (χ1) is 15.2. The zero-order valence-electron chi connectivity index (χ0n) is 18.3. The third-order valence-corrected chi connectivity index (χ3v) is 3.93. The highest BCUT2D eigenvalue weighted by molar-refractivity contribution is 6.00. The molecule has 0 aliphatic carbocycles. The molecule has 0 fully saturated rings. The van der Waals surface area contributed by atoms with Gasteiger partial charge in [0.1, 0.15) is 11.5 Å². The number of esters is 2. The Morgan fingerprint density at radius 2 is 1.03 bits per heavy atom. The van der Waals surface area contributed by atoms with Crippen LogP contribution in [0, 0.1) is 0 Å². The molecule has 4 N–H and O–H groups in total. The molecule has 0 aliphatic heterocycles. The van der Waals surface area contributed by atoms with Crippen LogP contribution < -0.4 is 20.9 Å². The second-order valence-corrected chi connectivity index (χ2v) is 6.00. The van der Waals surface area contributed by atoms with Gasteiger partial charge in [-0.2, -0.15) is 0 Å². The van der Waals surface area contributed by atoms with E-state index in [9.17, 15) is 19.2 Å². The maximum Gasteiger partial charge on any atom is 0.337 e. The molecule has 0 aliphatic rings. The highest BCUT2D eigenvalue weighted by atomic mass is 16.5. The minimum Gasteiger partial charge on any atom is -0.493 e. The summed E-state index contributed by atoms with van der Waals surface area (Å²) in [6.07, 6.45) is 0. The van der Waals surface area contributed by atoms with Gasteiger partial charge in [-0.3, -0.25) is 9.59 Å². The fourth-order valence-corrected chi connectivity index (χ4v) is 2.50. The quantitative estimate of drug-likeness (QED) is 0.582. The van der Waals surface area contributed by atoms with Crippen LogP contribution in [0.1, 0.15) is 55.3 Å². The molecule has 2 aromatic rings. The summed E-state index contributed by atoms with van der Waals surface area (Å²) in [7, 11) is 2.53. The number of primary amides is 2. The molecule has 0 heterocycles. The molecule has 0 aromatic heterocycles. The van der Waals surface area contributed by atoms with Gasteiger partial charge in [0.15, 0.2) is 0 Å². The van der Waals surface area contributed by atoms with E-state index < -0.39 is 23.8 Å². The van der Waals surface area contributed by atoms with Gasteiger partial charge in [0.25, 0.3) is 11.8 Å². The maximum absolute atomic E-state index is 11.2. The zero-order valence-corrected chi connectivity index (χ0v) is 18.3. The highest BCUT2D eigenvalue weighted by Gasteiger charge is 2.15. The second kappa shape index (κ2) is 12.6. The summed E-state index contributed by atoms with van der Waals surface area (Å²) in [6.45, 7) is 4.41. The molecule has 10 heteroatoms. The van der Waals surface area contributed by atoms with Gasteiger partial charge in [-0.05, 0) is 50.2 Å². The fraction of sp³-hybridized carbons (Fsp3) is 0.273. The third-order valence-electron chi connectivity index (χ3n) is 3.93. The Morgan fingerprint density at radius 1 is 0.688 bits per heavy atom. The number of rotatable bonds is 8. The van der Waals surface area contributed by atoms with Gasteiger partial charge >= 0.3 is 11.9 Å². The molecule has 2 aromatic carbocycles. The average molecular weight is 446 g/mol. The van der Waals surface area contributed by atoms with E-state index in [1.165, 1.54) is 50.6 Å². The fourth-order valence-electron chi connectivity index (χ4n) is 2.50. The van der Waals surface area contributed by atoms with E-state index in [0.717, 1.165) is 0 Å². The standard InChI is InChI=1S/2C11H13NO4/c2*1-3-16-9-5-4-7(11(14)15-2)6-8(9)10(12)13/h2*4-6H,3H2,1-2H3,(H2,12,13). The number of methoxy groups -OCH3 is 2. The number of carbonyl (C=O) groups excluding carboxylic acids is 4. The molecule has 0 bridgehead atoms. The molecule has 32 heavy (non-hydrogen) atoms. The maximum atomic E-state index is 11.2. The van der Waals surface area contributed by atoms with Crippen LogP contribution in [0.4, 0.5) is 0 Å². The number of hydrogen-bond acceptors (Lipinski definition) is 8. The molecule has 2 amide bonds. The van der Waals surface area contributed by atoms with Gasteiger partial charge < -0.3 is 30.4 Å². The summed E-state index contributed by atoms with van der Waals surface area (Å²) in [6, 6.07) is 8.80. The van der Waals surface area contributed by atoms with Crippen LogP contribution >= 0.6 is 0 Å². The van der Waals surface area contributed by atoms with E-state index in [-0.39, 0.29) is 22.3 Å². The zero-order chi connectivity index (χ0) is 24.3. The van der Waals surface area contributed by atoms with E-state index in [1.54, 1.807) is 13.8 Å². The van der Waals surface area contributed by atoms with Crippen molar-refractivity contribution >= 4 is 23.8 Å². The minimum absolute atomic E-state index is 0.171. The number of benzene rings is 2. The number of nitrogens with two attached hydrogens (primary N) is 2. The van der Waals surface area contributed by atoms with Crippen LogP contribution in [0.5, 0.6) is 11.5 Å². The lowest BCUT2D eigenvalue weighted by atomic mass is 10.1. The van der Waals surface area contributed by atoms with Crippen molar-refractivity contribution in [1.82, 2.24) is 0 Å². The normalized spacial score (nSPS) is 9.62. The first-order valence-electron chi connectivity index (χ1n) is 9.49. The summed E-state index contributed by atoms with van der Waals surface area (Å²) in [5, 5.41) is 0. The Labute approximate surface area is 185 Å². The van der Waals surface area contributed by atoms with Crippen molar-refractivity contribution in [1.29, 1.82) is 0 Å². The first-order valence-corrected chi connectivity index (χ1v) is 9.49. The van der Waals surface area contributed by atoms with Crippen molar-refractivity contribution in [2.24, 2.45) is 11.5 Å². The Balaban J connectivity index is 0.000000320. The van der Waals surface area contributed by atoms with Crippen molar-refractivity contribution in [3.63, 3.8) is 0 Å². The predicted molar refractivity (Wildman–Crippen MR) is 115 cm³/mol. The van der Waals surface area contributed by atoms with E-state index in [4.69, 9.17) is 20.9 Å². The number of amides is 2. The van der Waals surface area contributed by atoms with Crippen molar-refractivity contribution < 1.29 is 38.1 Å². The summed E-state index contributed by atoms with van der Waals surface area (Å²) in [4.78, 5) is 44.8. The van der Waals surface area contributed by atoms with E-state index in [0.29, 0.717) is 24.7 Å². The minimum atomic E-state index is -0.644. The van der Waals surface area contributed by atoms with E-state index in [1.807, 2.05) is 0 Å². The van der Waals surface area contributed by atoms with Gasteiger partial charge in [0.2, 0.25) is 0 Å². The number of hydrogen-bond donors (Lipinski definition) is 2.